The summed E-state index contributed by atoms with van der Waals surface area (Å²) in [5.74, 6) is -1.78. The highest BCUT2D eigenvalue weighted by molar-refractivity contribution is 8.03. The van der Waals surface area contributed by atoms with E-state index in [0.29, 0.717) is 30.8 Å². The van der Waals surface area contributed by atoms with Crippen LogP contribution in [0.2, 0.25) is 0 Å². The van der Waals surface area contributed by atoms with Crippen LogP contribution in [0.15, 0.2) is 10.6 Å². The lowest BCUT2D eigenvalue weighted by molar-refractivity contribution is -0.160. The van der Waals surface area contributed by atoms with Gasteiger partial charge in [-0.25, -0.2) is 4.79 Å². The average molecular weight is 479 g/mol. The van der Waals surface area contributed by atoms with Gasteiger partial charge >= 0.3 is 5.97 Å². The molecule has 2 amide bonds. The summed E-state index contributed by atoms with van der Waals surface area (Å²) in [6.45, 7) is 7.29. The summed E-state index contributed by atoms with van der Waals surface area (Å²) in [6.07, 6.45) is 2.78. The zero-order valence-electron chi connectivity index (χ0n) is 19.5. The quantitative estimate of drug-likeness (QED) is 0.458. The zero-order chi connectivity index (χ0) is 24.0. The summed E-state index contributed by atoms with van der Waals surface area (Å²) >= 11 is 1.48. The standard InChI is InChI=1S/C23H34N4O5S/c1-11(7-12(2)28)17-18-13(3)20(19(23(31)32)27(18)22(17)30)33-15-8-16(25-9-15)21(29)26-6-4-5-14(24)10-26/h11,13-18,25H,4-10,24H2,1-3H3,(H,31,32)/t11-,13+,14-,15?,16?,17+,18-/m0/s1. The molecule has 0 aliphatic carbocycles. The number of nitrogens with one attached hydrogen (secondary N) is 1. The van der Waals surface area contributed by atoms with Crippen molar-refractivity contribution in [3.8, 4) is 0 Å². The summed E-state index contributed by atoms with van der Waals surface area (Å²) in [4.78, 5) is 53.5. The monoisotopic (exact) mass is 478 g/mol. The summed E-state index contributed by atoms with van der Waals surface area (Å²) in [7, 11) is 0. The number of Topliss-reactive ketones (excluding diaryl/α,β-unsaturated/α-hetero) is 1. The van der Waals surface area contributed by atoms with E-state index < -0.39 is 5.97 Å². The number of likely N-dealkylation sites (tertiary alicyclic amines) is 1. The number of thioether (sulfide) groups is 1. The van der Waals surface area contributed by atoms with Crippen LogP contribution >= 0.6 is 11.8 Å². The summed E-state index contributed by atoms with van der Waals surface area (Å²) in [6, 6.07) is -0.486. The first-order valence-electron chi connectivity index (χ1n) is 11.8. The van der Waals surface area contributed by atoms with Gasteiger partial charge in [0.2, 0.25) is 11.8 Å². The number of carboxylic acids is 1. The van der Waals surface area contributed by atoms with Crippen LogP contribution in [0.5, 0.6) is 0 Å². The van der Waals surface area contributed by atoms with Gasteiger partial charge in [-0.2, -0.15) is 0 Å². The minimum absolute atomic E-state index is 0.0253. The Balaban J connectivity index is 1.44. The van der Waals surface area contributed by atoms with Gasteiger partial charge in [-0.3, -0.25) is 9.59 Å². The van der Waals surface area contributed by atoms with Crippen molar-refractivity contribution in [3.63, 3.8) is 0 Å². The van der Waals surface area contributed by atoms with Crippen molar-refractivity contribution in [1.29, 1.82) is 0 Å². The molecule has 4 N–H and O–H groups in total. The highest BCUT2D eigenvalue weighted by Gasteiger charge is 2.60. The molecule has 9 nitrogen and oxygen atoms in total. The van der Waals surface area contributed by atoms with Gasteiger partial charge in [-0.1, -0.05) is 13.8 Å². The summed E-state index contributed by atoms with van der Waals surface area (Å²) in [5.41, 5.74) is 6.10. The van der Waals surface area contributed by atoms with Crippen molar-refractivity contribution >= 4 is 35.3 Å². The van der Waals surface area contributed by atoms with Crippen molar-refractivity contribution in [2.75, 3.05) is 19.6 Å². The van der Waals surface area contributed by atoms with E-state index in [-0.39, 0.29) is 64.4 Å². The van der Waals surface area contributed by atoms with Gasteiger partial charge in [0.25, 0.3) is 0 Å². The number of amides is 2. The van der Waals surface area contributed by atoms with Crippen LogP contribution in [0.25, 0.3) is 0 Å². The van der Waals surface area contributed by atoms with E-state index >= 15 is 0 Å². The van der Waals surface area contributed by atoms with Crippen LogP contribution < -0.4 is 11.1 Å². The number of ketones is 1. The molecule has 0 bridgehead atoms. The number of carboxylic acid groups (broad SMARTS) is 1. The molecule has 0 aromatic heterocycles. The highest BCUT2D eigenvalue weighted by Crippen LogP contribution is 2.53. The lowest BCUT2D eigenvalue weighted by atomic mass is 9.73. The van der Waals surface area contributed by atoms with E-state index in [2.05, 4.69) is 5.32 Å². The number of nitrogens with zero attached hydrogens (tertiary/aromatic N) is 2. The number of carbonyl (C=O) groups excluding carboxylic acids is 3. The Bertz CT molecular complexity index is 892. The predicted octanol–water partition coefficient (Wildman–Crippen LogP) is 0.788. The van der Waals surface area contributed by atoms with Gasteiger partial charge < -0.3 is 30.8 Å². The van der Waals surface area contributed by atoms with E-state index in [0.717, 1.165) is 19.4 Å². The largest absolute Gasteiger partial charge is 0.477 e. The molecule has 0 spiro atoms. The third-order valence-electron chi connectivity index (χ3n) is 7.47. The fourth-order valence-electron chi connectivity index (χ4n) is 5.94. The molecule has 0 aromatic carbocycles. The Kier molecular flexibility index (Phi) is 6.89. The molecular formula is C23H34N4O5S. The number of hydrogen-bond acceptors (Lipinski definition) is 7. The number of fused-ring (bicyclic) bond motifs is 1. The SMILES string of the molecule is CC(=O)C[C@H](C)[C@H]1C(=O)N2C(C(=O)O)=C(SC3CNC(C(=O)N4CCC[C@H](N)C4)C3)[C@H](C)[C@@H]12. The second-order valence-corrected chi connectivity index (χ2v) is 11.4. The molecule has 10 heteroatoms. The molecule has 33 heavy (non-hydrogen) atoms. The van der Waals surface area contributed by atoms with E-state index in [1.807, 2.05) is 18.7 Å². The maximum absolute atomic E-state index is 12.9. The number of nitrogens with two attached hydrogens (primary N) is 1. The molecule has 7 atom stereocenters. The van der Waals surface area contributed by atoms with Gasteiger partial charge in [0, 0.05) is 48.2 Å². The molecule has 2 unspecified atom stereocenters. The highest BCUT2D eigenvalue weighted by atomic mass is 32.2. The number of carbonyl (C=O) groups is 4. The summed E-state index contributed by atoms with van der Waals surface area (Å²) < 4.78 is 0. The fourth-order valence-corrected chi connectivity index (χ4v) is 7.42. The number of hydrogen-bond donors (Lipinski definition) is 3. The van der Waals surface area contributed by atoms with Crippen LogP contribution in [-0.2, 0) is 19.2 Å². The van der Waals surface area contributed by atoms with Crippen LogP contribution in [0.1, 0.15) is 46.5 Å². The molecule has 3 fully saturated rings. The van der Waals surface area contributed by atoms with Crippen LogP contribution in [0.4, 0.5) is 0 Å². The molecule has 4 aliphatic rings. The van der Waals surface area contributed by atoms with Crippen LogP contribution in [-0.4, -0.2) is 81.5 Å². The number of piperidine rings is 1. The Morgan fingerprint density at radius 2 is 2.06 bits per heavy atom. The van der Waals surface area contributed by atoms with Crippen molar-refractivity contribution in [2.45, 2.75) is 69.8 Å². The molecule has 4 heterocycles. The van der Waals surface area contributed by atoms with E-state index in [1.165, 1.54) is 23.6 Å². The topological polar surface area (TPSA) is 133 Å². The predicted molar refractivity (Wildman–Crippen MR) is 124 cm³/mol. The van der Waals surface area contributed by atoms with Crippen molar-refractivity contribution in [3.05, 3.63) is 10.6 Å². The minimum atomic E-state index is -1.10. The molecule has 4 rings (SSSR count). The second-order valence-electron chi connectivity index (χ2n) is 10.0. The van der Waals surface area contributed by atoms with Crippen molar-refractivity contribution in [1.82, 2.24) is 15.1 Å². The molecule has 3 saturated heterocycles. The molecular weight excluding hydrogens is 444 g/mol. The molecule has 0 saturated carbocycles. The van der Waals surface area contributed by atoms with E-state index in [1.54, 1.807) is 0 Å². The lowest BCUT2D eigenvalue weighted by Crippen LogP contribution is -2.62. The Morgan fingerprint density at radius 1 is 1.33 bits per heavy atom. The summed E-state index contributed by atoms with van der Waals surface area (Å²) in [5, 5.41) is 13.3. The van der Waals surface area contributed by atoms with Crippen molar-refractivity contribution in [2.24, 2.45) is 23.5 Å². The van der Waals surface area contributed by atoms with E-state index in [4.69, 9.17) is 5.73 Å². The smallest absolute Gasteiger partial charge is 0.353 e. The molecule has 4 aliphatic heterocycles. The Morgan fingerprint density at radius 3 is 2.70 bits per heavy atom. The van der Waals surface area contributed by atoms with E-state index in [9.17, 15) is 24.3 Å². The minimum Gasteiger partial charge on any atom is -0.477 e. The van der Waals surface area contributed by atoms with Gasteiger partial charge in [0.05, 0.1) is 18.0 Å². The third-order valence-corrected chi connectivity index (χ3v) is 8.98. The molecule has 182 valence electrons. The second kappa shape index (κ2) is 9.38. The first kappa shape index (κ1) is 24.2. The van der Waals surface area contributed by atoms with Gasteiger partial charge in [0.15, 0.2) is 0 Å². The molecule has 0 radical (unpaired) electrons. The van der Waals surface area contributed by atoms with Crippen LogP contribution in [0, 0.1) is 17.8 Å². The Hall–Kier alpha value is -1.91. The van der Waals surface area contributed by atoms with Crippen LogP contribution in [0.3, 0.4) is 0 Å². The average Bonchev–Trinajstić information content (AvgIpc) is 3.29. The fraction of sp³-hybridized carbons (Fsp3) is 0.739. The number of aliphatic carboxylic acids is 1. The maximum atomic E-state index is 12.9. The third kappa shape index (κ3) is 4.44. The lowest BCUT2D eigenvalue weighted by Gasteiger charge is -2.47. The Labute approximate surface area is 198 Å². The van der Waals surface area contributed by atoms with Gasteiger partial charge in [0.1, 0.15) is 11.5 Å². The number of rotatable bonds is 7. The number of β-lactam (4-membered cyclic amide) rings is 1. The van der Waals surface area contributed by atoms with Gasteiger partial charge in [-0.15, -0.1) is 11.8 Å². The van der Waals surface area contributed by atoms with Gasteiger partial charge in [-0.05, 0) is 32.1 Å². The zero-order valence-corrected chi connectivity index (χ0v) is 20.3. The first-order chi connectivity index (χ1) is 15.6. The molecule has 0 aromatic rings. The maximum Gasteiger partial charge on any atom is 0.353 e. The normalized spacial score (nSPS) is 34.8. The first-order valence-corrected chi connectivity index (χ1v) is 12.7. The van der Waals surface area contributed by atoms with Crippen molar-refractivity contribution < 1.29 is 24.3 Å².